The van der Waals surface area contributed by atoms with Gasteiger partial charge in [-0.3, -0.25) is 9.69 Å². The Labute approximate surface area is 280 Å². The fourth-order valence-electron chi connectivity index (χ4n) is 5.57. The first-order valence-electron chi connectivity index (χ1n) is 16.2. The van der Waals surface area contributed by atoms with Crippen LogP contribution in [0.1, 0.15) is 55.0 Å². The van der Waals surface area contributed by atoms with Gasteiger partial charge in [0.2, 0.25) is 6.41 Å². The highest BCUT2D eigenvalue weighted by Gasteiger charge is 2.26. The third-order valence-corrected chi connectivity index (χ3v) is 7.92. The van der Waals surface area contributed by atoms with Gasteiger partial charge in [0.25, 0.3) is 0 Å². The molecular formula is C40H46N4O3. The maximum Gasteiger partial charge on any atom is 0.410 e. The van der Waals surface area contributed by atoms with Gasteiger partial charge >= 0.3 is 6.09 Å². The average molecular weight is 631 g/mol. The van der Waals surface area contributed by atoms with E-state index in [1.807, 2.05) is 81.4 Å². The minimum absolute atomic E-state index is 0.0285. The number of nitrogens with zero attached hydrogens (tertiary/aromatic N) is 4. The Kier molecular flexibility index (Phi) is 13.1. The summed E-state index contributed by atoms with van der Waals surface area (Å²) in [6, 6.07) is 40.7. The number of hydrogen-bond acceptors (Lipinski definition) is 5. The predicted molar refractivity (Wildman–Crippen MR) is 186 cm³/mol. The maximum absolute atomic E-state index is 13.6. The van der Waals surface area contributed by atoms with Crippen molar-refractivity contribution in [2.45, 2.75) is 64.9 Å². The number of amides is 2. The Bertz CT molecular complexity index is 1520. The minimum Gasteiger partial charge on any atom is -0.444 e. The standard InChI is InChI=1S/C40H46N4O3/c1-40(2,3)47-39(46)43(25-24-42(32-45)29-33-14-7-4-8-15-33)23-22-38(27-36-20-13-21-37(26-36)28-41)44(30-34-16-9-5-10-17-34)31-35-18-11-6-12-19-35/h4-21,26,32,38H,22-25,27,29-31H2,1-3H3/t38-/m1/s1. The summed E-state index contributed by atoms with van der Waals surface area (Å²) in [5, 5.41) is 9.60. The maximum atomic E-state index is 13.6. The van der Waals surface area contributed by atoms with Gasteiger partial charge in [-0.1, -0.05) is 103 Å². The third-order valence-electron chi connectivity index (χ3n) is 7.92. The van der Waals surface area contributed by atoms with Crippen LogP contribution in [0.4, 0.5) is 4.79 Å². The molecule has 7 heteroatoms. The highest BCUT2D eigenvalue weighted by Crippen LogP contribution is 2.21. The largest absolute Gasteiger partial charge is 0.444 e. The first kappa shape index (κ1) is 34.9. The molecule has 4 rings (SSSR count). The lowest BCUT2D eigenvalue weighted by molar-refractivity contribution is -0.118. The van der Waals surface area contributed by atoms with E-state index < -0.39 is 11.7 Å². The van der Waals surface area contributed by atoms with Gasteiger partial charge in [-0.15, -0.1) is 0 Å². The number of benzene rings is 4. The normalized spacial score (nSPS) is 11.8. The van der Waals surface area contributed by atoms with Crippen LogP contribution in [0.25, 0.3) is 0 Å². The summed E-state index contributed by atoms with van der Waals surface area (Å²) in [6.45, 7) is 8.66. The van der Waals surface area contributed by atoms with Crippen LogP contribution >= 0.6 is 0 Å². The molecule has 0 unspecified atom stereocenters. The molecule has 4 aromatic carbocycles. The zero-order valence-corrected chi connectivity index (χ0v) is 27.8. The molecule has 0 saturated heterocycles. The van der Waals surface area contributed by atoms with E-state index >= 15 is 0 Å². The Morgan fingerprint density at radius 1 is 0.745 bits per heavy atom. The molecule has 244 valence electrons. The van der Waals surface area contributed by atoms with Crippen molar-refractivity contribution < 1.29 is 14.3 Å². The number of carbonyl (C=O) groups excluding carboxylic acids is 2. The molecule has 47 heavy (non-hydrogen) atoms. The van der Waals surface area contributed by atoms with Gasteiger partial charge in [0.05, 0.1) is 11.6 Å². The molecule has 0 radical (unpaired) electrons. The van der Waals surface area contributed by atoms with E-state index in [1.165, 1.54) is 11.1 Å². The van der Waals surface area contributed by atoms with Crippen LogP contribution < -0.4 is 0 Å². The van der Waals surface area contributed by atoms with Crippen molar-refractivity contribution in [2.24, 2.45) is 0 Å². The number of rotatable bonds is 16. The summed E-state index contributed by atoms with van der Waals surface area (Å²) in [4.78, 5) is 31.5. The molecule has 0 spiro atoms. The van der Waals surface area contributed by atoms with E-state index in [0.29, 0.717) is 44.6 Å². The van der Waals surface area contributed by atoms with E-state index in [4.69, 9.17) is 4.74 Å². The Morgan fingerprint density at radius 3 is 1.79 bits per heavy atom. The Balaban J connectivity index is 1.60. The average Bonchev–Trinajstić information content (AvgIpc) is 3.07. The Hall–Kier alpha value is -4.93. The van der Waals surface area contributed by atoms with Crippen molar-refractivity contribution in [3.8, 4) is 6.07 Å². The fraction of sp³-hybridized carbons (Fsp3) is 0.325. The topological polar surface area (TPSA) is 76.9 Å². The molecule has 0 saturated carbocycles. The van der Waals surface area contributed by atoms with Crippen LogP contribution in [0, 0.1) is 11.3 Å². The second-order valence-electron chi connectivity index (χ2n) is 12.9. The molecule has 1 atom stereocenters. The minimum atomic E-state index is -0.659. The lowest BCUT2D eigenvalue weighted by Gasteiger charge is -2.35. The second-order valence-corrected chi connectivity index (χ2v) is 12.9. The molecule has 0 bridgehead atoms. The van der Waals surface area contributed by atoms with Gasteiger partial charge in [0, 0.05) is 45.3 Å². The van der Waals surface area contributed by atoms with Gasteiger partial charge in [-0.25, -0.2) is 4.79 Å². The zero-order valence-electron chi connectivity index (χ0n) is 27.8. The molecule has 0 aliphatic heterocycles. The summed E-state index contributed by atoms with van der Waals surface area (Å²) in [5.41, 5.74) is 4.46. The Morgan fingerprint density at radius 2 is 1.28 bits per heavy atom. The van der Waals surface area contributed by atoms with Crippen molar-refractivity contribution in [3.63, 3.8) is 0 Å². The SMILES string of the molecule is CC(C)(C)OC(=O)N(CC[C@H](Cc1cccc(C#N)c1)N(Cc1ccccc1)Cc1ccccc1)CCN(C=O)Cc1ccccc1. The first-order chi connectivity index (χ1) is 22.7. The van der Waals surface area contributed by atoms with Gasteiger partial charge in [0.15, 0.2) is 0 Å². The van der Waals surface area contributed by atoms with Crippen molar-refractivity contribution in [2.75, 3.05) is 19.6 Å². The van der Waals surface area contributed by atoms with Crippen molar-refractivity contribution in [1.82, 2.24) is 14.7 Å². The fourth-order valence-corrected chi connectivity index (χ4v) is 5.57. The van der Waals surface area contributed by atoms with Gasteiger partial charge in [-0.05, 0) is 68.0 Å². The van der Waals surface area contributed by atoms with E-state index in [1.54, 1.807) is 9.80 Å². The summed E-state index contributed by atoms with van der Waals surface area (Å²) in [6.07, 6.45) is 1.81. The van der Waals surface area contributed by atoms with Gasteiger partial charge < -0.3 is 14.5 Å². The number of nitriles is 1. The summed E-state index contributed by atoms with van der Waals surface area (Å²) in [5.74, 6) is 0. The van der Waals surface area contributed by atoms with Crippen LogP contribution in [0.3, 0.4) is 0 Å². The lowest BCUT2D eigenvalue weighted by atomic mass is 9.98. The molecule has 4 aromatic rings. The number of carbonyl (C=O) groups is 2. The number of hydrogen-bond donors (Lipinski definition) is 0. The molecule has 0 fully saturated rings. The van der Waals surface area contributed by atoms with Gasteiger partial charge in [-0.2, -0.15) is 5.26 Å². The summed E-state index contributed by atoms with van der Waals surface area (Å²) >= 11 is 0. The molecule has 0 heterocycles. The molecule has 7 nitrogen and oxygen atoms in total. The van der Waals surface area contributed by atoms with E-state index in [2.05, 4.69) is 65.6 Å². The predicted octanol–water partition coefficient (Wildman–Crippen LogP) is 7.46. The van der Waals surface area contributed by atoms with Crippen LogP contribution in [0.2, 0.25) is 0 Å². The molecule has 0 N–H and O–H groups in total. The molecule has 0 aliphatic rings. The smallest absolute Gasteiger partial charge is 0.410 e. The van der Waals surface area contributed by atoms with Crippen molar-refractivity contribution in [3.05, 3.63) is 143 Å². The van der Waals surface area contributed by atoms with E-state index in [0.717, 1.165) is 30.6 Å². The van der Waals surface area contributed by atoms with Crippen LogP contribution in [0.15, 0.2) is 115 Å². The molecule has 0 aliphatic carbocycles. The van der Waals surface area contributed by atoms with E-state index in [9.17, 15) is 14.9 Å². The van der Waals surface area contributed by atoms with Crippen LogP contribution in [-0.2, 0) is 35.6 Å². The first-order valence-corrected chi connectivity index (χ1v) is 16.2. The lowest BCUT2D eigenvalue weighted by Crippen LogP contribution is -2.44. The monoisotopic (exact) mass is 630 g/mol. The molecule has 0 aromatic heterocycles. The zero-order chi connectivity index (χ0) is 33.5. The van der Waals surface area contributed by atoms with E-state index in [-0.39, 0.29) is 6.04 Å². The highest BCUT2D eigenvalue weighted by atomic mass is 16.6. The van der Waals surface area contributed by atoms with Crippen LogP contribution in [0.5, 0.6) is 0 Å². The van der Waals surface area contributed by atoms with Crippen molar-refractivity contribution >= 4 is 12.5 Å². The quantitative estimate of drug-likeness (QED) is 0.120. The van der Waals surface area contributed by atoms with Gasteiger partial charge in [0.1, 0.15) is 5.60 Å². The number of ether oxygens (including phenoxy) is 1. The molecular weight excluding hydrogens is 584 g/mol. The summed E-state index contributed by atoms with van der Waals surface area (Å²) in [7, 11) is 0. The highest BCUT2D eigenvalue weighted by molar-refractivity contribution is 5.68. The molecule has 2 amide bonds. The third kappa shape index (κ3) is 12.1. The van der Waals surface area contributed by atoms with Crippen LogP contribution in [-0.4, -0.2) is 58.5 Å². The second kappa shape index (κ2) is 17.7. The summed E-state index contributed by atoms with van der Waals surface area (Å²) < 4.78 is 5.85. The van der Waals surface area contributed by atoms with Crippen molar-refractivity contribution in [1.29, 1.82) is 5.26 Å².